The highest BCUT2D eigenvalue weighted by molar-refractivity contribution is 5.18. The Morgan fingerprint density at radius 1 is 1.50 bits per heavy atom. The second kappa shape index (κ2) is 4.48. The summed E-state index contributed by atoms with van der Waals surface area (Å²) >= 11 is 0. The average Bonchev–Trinajstić information content (AvgIpc) is 2.01. The number of aromatic nitrogens is 2. The molecule has 14 heavy (non-hydrogen) atoms. The Morgan fingerprint density at radius 3 is 2.57 bits per heavy atom. The highest BCUT2D eigenvalue weighted by atomic mass is 16.3. The van der Waals surface area contributed by atoms with Gasteiger partial charge in [0.1, 0.15) is 5.82 Å². The third-order valence-corrected chi connectivity index (χ3v) is 1.97. The molecule has 0 bridgehead atoms. The molecule has 0 aliphatic rings. The molecule has 4 nitrogen and oxygen atoms in total. The van der Waals surface area contributed by atoms with Crippen molar-refractivity contribution < 1.29 is 5.11 Å². The standard InChI is InChI=1S/C10H17N3O/c1-7-9(8(2)14)5-11-10(12-7)6-13(3)4/h5,8,14H,6H2,1-4H3. The second-order valence-electron chi connectivity index (χ2n) is 3.74. The van der Waals surface area contributed by atoms with Crippen molar-refractivity contribution in [1.82, 2.24) is 14.9 Å². The van der Waals surface area contributed by atoms with Crippen molar-refractivity contribution in [3.05, 3.63) is 23.3 Å². The molecule has 1 heterocycles. The predicted octanol–water partition coefficient (Wildman–Crippen LogP) is 0.900. The van der Waals surface area contributed by atoms with E-state index in [0.717, 1.165) is 23.6 Å². The number of aliphatic hydroxyl groups is 1. The van der Waals surface area contributed by atoms with E-state index in [0.29, 0.717) is 0 Å². The third kappa shape index (κ3) is 2.75. The zero-order valence-corrected chi connectivity index (χ0v) is 9.15. The van der Waals surface area contributed by atoms with Gasteiger partial charge in [-0.15, -0.1) is 0 Å². The fourth-order valence-electron chi connectivity index (χ4n) is 1.29. The van der Waals surface area contributed by atoms with E-state index in [1.54, 1.807) is 13.1 Å². The van der Waals surface area contributed by atoms with Crippen molar-refractivity contribution in [2.45, 2.75) is 26.5 Å². The first-order chi connectivity index (χ1) is 6.50. The lowest BCUT2D eigenvalue weighted by atomic mass is 10.1. The largest absolute Gasteiger partial charge is 0.389 e. The summed E-state index contributed by atoms with van der Waals surface area (Å²) < 4.78 is 0. The van der Waals surface area contributed by atoms with Crippen LogP contribution >= 0.6 is 0 Å². The topological polar surface area (TPSA) is 49.2 Å². The number of rotatable bonds is 3. The second-order valence-corrected chi connectivity index (χ2v) is 3.74. The smallest absolute Gasteiger partial charge is 0.142 e. The third-order valence-electron chi connectivity index (χ3n) is 1.97. The van der Waals surface area contributed by atoms with Crippen LogP contribution in [0, 0.1) is 6.92 Å². The zero-order chi connectivity index (χ0) is 10.7. The van der Waals surface area contributed by atoms with Gasteiger partial charge in [0.05, 0.1) is 12.6 Å². The quantitative estimate of drug-likeness (QED) is 0.778. The van der Waals surface area contributed by atoms with Crippen LogP contribution in [0.4, 0.5) is 0 Å². The minimum Gasteiger partial charge on any atom is -0.389 e. The number of hydrogen-bond donors (Lipinski definition) is 1. The van der Waals surface area contributed by atoms with E-state index in [1.807, 2.05) is 25.9 Å². The maximum Gasteiger partial charge on any atom is 0.142 e. The first-order valence-corrected chi connectivity index (χ1v) is 4.66. The fourth-order valence-corrected chi connectivity index (χ4v) is 1.29. The summed E-state index contributed by atoms with van der Waals surface area (Å²) in [7, 11) is 3.95. The highest BCUT2D eigenvalue weighted by Crippen LogP contribution is 2.13. The molecule has 0 fully saturated rings. The van der Waals surface area contributed by atoms with Crippen molar-refractivity contribution in [2.75, 3.05) is 14.1 Å². The molecule has 4 heteroatoms. The van der Waals surface area contributed by atoms with Crippen LogP contribution in [0.3, 0.4) is 0 Å². The molecule has 0 saturated heterocycles. The lowest BCUT2D eigenvalue weighted by Gasteiger charge is -2.11. The Bertz CT molecular complexity index is 310. The van der Waals surface area contributed by atoms with E-state index in [9.17, 15) is 5.11 Å². The maximum atomic E-state index is 9.39. The van der Waals surface area contributed by atoms with Gasteiger partial charge in [-0.1, -0.05) is 0 Å². The number of aliphatic hydroxyl groups excluding tert-OH is 1. The SMILES string of the molecule is Cc1nc(CN(C)C)ncc1C(C)O. The summed E-state index contributed by atoms with van der Waals surface area (Å²) in [5.41, 5.74) is 1.65. The van der Waals surface area contributed by atoms with E-state index in [4.69, 9.17) is 0 Å². The van der Waals surface area contributed by atoms with Gasteiger partial charge in [0.2, 0.25) is 0 Å². The fraction of sp³-hybridized carbons (Fsp3) is 0.600. The van der Waals surface area contributed by atoms with Gasteiger partial charge in [-0.2, -0.15) is 0 Å². The van der Waals surface area contributed by atoms with Gasteiger partial charge in [-0.3, -0.25) is 0 Å². The van der Waals surface area contributed by atoms with Gasteiger partial charge in [0.25, 0.3) is 0 Å². The van der Waals surface area contributed by atoms with Crippen LogP contribution in [-0.4, -0.2) is 34.1 Å². The molecule has 1 unspecified atom stereocenters. The first-order valence-electron chi connectivity index (χ1n) is 4.66. The minimum atomic E-state index is -0.497. The summed E-state index contributed by atoms with van der Waals surface area (Å²) in [5, 5.41) is 9.39. The van der Waals surface area contributed by atoms with Crippen LogP contribution in [0.25, 0.3) is 0 Å². The molecule has 1 rings (SSSR count). The number of hydrogen-bond acceptors (Lipinski definition) is 4. The summed E-state index contributed by atoms with van der Waals surface area (Å²) in [5.74, 6) is 0.789. The van der Waals surface area contributed by atoms with Crippen LogP contribution in [0.5, 0.6) is 0 Å². The van der Waals surface area contributed by atoms with Crippen molar-refractivity contribution >= 4 is 0 Å². The molecule has 0 radical (unpaired) electrons. The molecule has 1 atom stereocenters. The lowest BCUT2D eigenvalue weighted by Crippen LogP contribution is -2.14. The number of nitrogens with zero attached hydrogens (tertiary/aromatic N) is 3. The first kappa shape index (κ1) is 11.1. The van der Waals surface area contributed by atoms with Gasteiger partial charge >= 0.3 is 0 Å². The molecule has 1 aromatic heterocycles. The zero-order valence-electron chi connectivity index (χ0n) is 9.15. The van der Waals surface area contributed by atoms with Crippen molar-refractivity contribution in [1.29, 1.82) is 0 Å². The molecule has 0 aromatic carbocycles. The van der Waals surface area contributed by atoms with E-state index in [-0.39, 0.29) is 0 Å². The molecular weight excluding hydrogens is 178 g/mol. The Balaban J connectivity index is 2.89. The summed E-state index contributed by atoms with van der Waals surface area (Å²) in [4.78, 5) is 10.5. The number of aryl methyl sites for hydroxylation is 1. The molecule has 0 amide bonds. The average molecular weight is 195 g/mol. The molecule has 0 aliphatic heterocycles. The lowest BCUT2D eigenvalue weighted by molar-refractivity contribution is 0.197. The van der Waals surface area contributed by atoms with Crippen LogP contribution in [0.15, 0.2) is 6.20 Å². The summed E-state index contributed by atoms with van der Waals surface area (Å²) in [6.07, 6.45) is 1.20. The van der Waals surface area contributed by atoms with E-state index < -0.39 is 6.10 Å². The van der Waals surface area contributed by atoms with Gasteiger partial charge in [-0.25, -0.2) is 9.97 Å². The van der Waals surface area contributed by atoms with Gasteiger partial charge in [0, 0.05) is 17.5 Å². The Kier molecular flexibility index (Phi) is 3.55. The predicted molar refractivity (Wildman–Crippen MR) is 54.8 cm³/mol. The van der Waals surface area contributed by atoms with Crippen molar-refractivity contribution in [3.8, 4) is 0 Å². The molecular formula is C10H17N3O. The monoisotopic (exact) mass is 195 g/mol. The Labute approximate surface area is 84.6 Å². The van der Waals surface area contributed by atoms with E-state index in [2.05, 4.69) is 9.97 Å². The molecule has 1 N–H and O–H groups in total. The summed E-state index contributed by atoms with van der Waals surface area (Å²) in [6.45, 7) is 4.33. The molecule has 0 aliphatic carbocycles. The Morgan fingerprint density at radius 2 is 2.14 bits per heavy atom. The summed E-state index contributed by atoms with van der Waals surface area (Å²) in [6, 6.07) is 0. The normalized spacial score (nSPS) is 13.3. The van der Waals surface area contributed by atoms with E-state index in [1.165, 1.54) is 0 Å². The minimum absolute atomic E-state index is 0.497. The molecule has 0 spiro atoms. The van der Waals surface area contributed by atoms with E-state index >= 15 is 0 Å². The van der Waals surface area contributed by atoms with Crippen molar-refractivity contribution in [2.24, 2.45) is 0 Å². The Hall–Kier alpha value is -1.00. The molecule has 78 valence electrons. The molecule has 1 aromatic rings. The maximum absolute atomic E-state index is 9.39. The van der Waals surface area contributed by atoms with Crippen molar-refractivity contribution in [3.63, 3.8) is 0 Å². The van der Waals surface area contributed by atoms with Gasteiger partial charge < -0.3 is 10.0 Å². The highest BCUT2D eigenvalue weighted by Gasteiger charge is 2.08. The van der Waals surface area contributed by atoms with Crippen LogP contribution in [0.2, 0.25) is 0 Å². The van der Waals surface area contributed by atoms with Gasteiger partial charge in [0.15, 0.2) is 0 Å². The van der Waals surface area contributed by atoms with Gasteiger partial charge in [-0.05, 0) is 27.9 Å². The van der Waals surface area contributed by atoms with Crippen LogP contribution in [0.1, 0.15) is 30.1 Å². The van der Waals surface area contributed by atoms with Crippen LogP contribution < -0.4 is 0 Å². The van der Waals surface area contributed by atoms with Crippen LogP contribution in [-0.2, 0) is 6.54 Å². The molecule has 0 saturated carbocycles.